The van der Waals surface area contributed by atoms with Gasteiger partial charge in [0.2, 0.25) is 10.7 Å². The Morgan fingerprint density at radius 3 is 2.54 bits per heavy atom. The number of carbonyl (C=O) groups excluding carboxylic acids is 1. The molecule has 1 N–H and O–H groups in total. The lowest BCUT2D eigenvalue weighted by molar-refractivity contribution is -0.116. The van der Waals surface area contributed by atoms with E-state index >= 15 is 0 Å². The number of hydrogen-bond acceptors (Lipinski definition) is 4. The van der Waals surface area contributed by atoms with Crippen LogP contribution in [0.5, 0.6) is 5.75 Å². The van der Waals surface area contributed by atoms with Gasteiger partial charge < -0.3 is 10.1 Å². The van der Waals surface area contributed by atoms with Gasteiger partial charge in [-0.25, -0.2) is 9.36 Å². The minimum Gasteiger partial charge on any atom is -0.497 e. The number of benzene rings is 1. The van der Waals surface area contributed by atoms with Crippen molar-refractivity contribution in [1.82, 2.24) is 19.1 Å². The summed E-state index contributed by atoms with van der Waals surface area (Å²) in [6.07, 6.45) is 5.51. The quantitative estimate of drug-likeness (QED) is 0.648. The van der Waals surface area contributed by atoms with Gasteiger partial charge in [-0.1, -0.05) is 6.92 Å². The van der Waals surface area contributed by atoms with Gasteiger partial charge in [-0.05, 0) is 55.0 Å². The molecular weight excluding hydrogens is 350 g/mol. The van der Waals surface area contributed by atoms with Crippen LogP contribution in [0.3, 0.4) is 0 Å². The van der Waals surface area contributed by atoms with Crippen molar-refractivity contribution in [1.29, 1.82) is 0 Å². The maximum Gasteiger partial charge on any atom is 0.246 e. The van der Waals surface area contributed by atoms with Gasteiger partial charge in [0.05, 0.1) is 7.11 Å². The number of amides is 1. The number of aryl methyl sites for hydroxylation is 1. The van der Waals surface area contributed by atoms with E-state index in [-0.39, 0.29) is 12.5 Å². The summed E-state index contributed by atoms with van der Waals surface area (Å²) in [5.41, 5.74) is 0.695. The number of nitrogens with one attached hydrogen (secondary N) is 1. The van der Waals surface area contributed by atoms with E-state index in [2.05, 4.69) is 17.3 Å². The molecule has 136 valence electrons. The molecule has 0 fully saturated rings. The van der Waals surface area contributed by atoms with Crippen molar-refractivity contribution in [2.45, 2.75) is 26.3 Å². The van der Waals surface area contributed by atoms with Gasteiger partial charge >= 0.3 is 0 Å². The average Bonchev–Trinajstić information content (AvgIpc) is 3.25. The Balaban J connectivity index is 1.79. The van der Waals surface area contributed by atoms with E-state index < -0.39 is 0 Å². The molecule has 0 saturated carbocycles. The molecule has 8 heteroatoms. The van der Waals surface area contributed by atoms with Crippen LogP contribution in [0.1, 0.15) is 19.2 Å². The summed E-state index contributed by atoms with van der Waals surface area (Å²) in [6.45, 7) is 2.13. The Morgan fingerprint density at radius 2 is 1.92 bits per heavy atom. The highest BCUT2D eigenvalue weighted by molar-refractivity contribution is 7.71. The van der Waals surface area contributed by atoms with Gasteiger partial charge in [-0.2, -0.15) is 5.10 Å². The van der Waals surface area contributed by atoms with Crippen LogP contribution in [-0.4, -0.2) is 32.1 Å². The third kappa shape index (κ3) is 3.85. The van der Waals surface area contributed by atoms with Crippen LogP contribution in [0.2, 0.25) is 0 Å². The molecule has 0 aliphatic heterocycles. The Morgan fingerprint density at radius 1 is 1.23 bits per heavy atom. The topological polar surface area (TPSA) is 66.0 Å². The lowest BCUT2D eigenvalue weighted by Gasteiger charge is -2.07. The van der Waals surface area contributed by atoms with E-state index in [1.165, 1.54) is 0 Å². The second kappa shape index (κ2) is 8.01. The number of ether oxygens (including phenoxy) is 1. The molecule has 0 saturated heterocycles. The van der Waals surface area contributed by atoms with Gasteiger partial charge in [-0.15, -0.1) is 0 Å². The van der Waals surface area contributed by atoms with Crippen LogP contribution < -0.4 is 10.1 Å². The molecule has 1 amide bonds. The standard InChI is InChI=1S/C18H21N5O2S/c1-3-6-16-20-22(18(26)23(16)21-11-4-5-12-21)13-17(24)19-14-7-9-15(25-2)10-8-14/h4-5,7-12H,3,6,13H2,1-2H3,(H,19,24). The number of methoxy groups -OCH3 is 1. The van der Waals surface area contributed by atoms with E-state index in [1.807, 2.05) is 33.9 Å². The first-order chi connectivity index (χ1) is 12.6. The predicted octanol–water partition coefficient (Wildman–Crippen LogP) is 3.13. The van der Waals surface area contributed by atoms with Crippen molar-refractivity contribution < 1.29 is 9.53 Å². The second-order valence-electron chi connectivity index (χ2n) is 5.76. The van der Waals surface area contributed by atoms with Crippen LogP contribution in [0, 0.1) is 4.77 Å². The first-order valence-corrected chi connectivity index (χ1v) is 8.79. The van der Waals surface area contributed by atoms with E-state index in [1.54, 1.807) is 36.1 Å². The van der Waals surface area contributed by atoms with Gasteiger partial charge in [0.15, 0.2) is 5.82 Å². The molecule has 2 aromatic heterocycles. The molecule has 0 spiro atoms. The van der Waals surface area contributed by atoms with Crippen LogP contribution in [-0.2, 0) is 17.8 Å². The molecule has 0 aliphatic carbocycles. The highest BCUT2D eigenvalue weighted by Crippen LogP contribution is 2.15. The number of carbonyl (C=O) groups is 1. The van der Waals surface area contributed by atoms with Gasteiger partial charge in [0.25, 0.3) is 0 Å². The molecule has 0 bridgehead atoms. The SMILES string of the molecule is CCCc1nn(CC(=O)Nc2ccc(OC)cc2)c(=S)n1-n1cccc1. The smallest absolute Gasteiger partial charge is 0.246 e. The number of hydrogen-bond donors (Lipinski definition) is 1. The van der Waals surface area contributed by atoms with Crippen LogP contribution >= 0.6 is 12.2 Å². The summed E-state index contributed by atoms with van der Waals surface area (Å²) in [6, 6.07) is 11.0. The minimum absolute atomic E-state index is 0.0514. The molecule has 2 heterocycles. The minimum atomic E-state index is -0.188. The fourth-order valence-corrected chi connectivity index (χ4v) is 2.93. The fraction of sp³-hybridized carbons (Fsp3) is 0.278. The summed E-state index contributed by atoms with van der Waals surface area (Å²) in [7, 11) is 1.60. The molecule has 0 aliphatic rings. The summed E-state index contributed by atoms with van der Waals surface area (Å²) in [4.78, 5) is 12.4. The Bertz CT molecular complexity index is 926. The van der Waals surface area contributed by atoms with E-state index in [0.717, 1.165) is 24.4 Å². The van der Waals surface area contributed by atoms with E-state index in [9.17, 15) is 4.79 Å². The number of nitrogens with zero attached hydrogens (tertiary/aromatic N) is 4. The monoisotopic (exact) mass is 371 g/mol. The zero-order valence-electron chi connectivity index (χ0n) is 14.8. The van der Waals surface area contributed by atoms with Crippen molar-refractivity contribution in [3.05, 3.63) is 59.4 Å². The maximum atomic E-state index is 12.4. The number of anilines is 1. The van der Waals surface area contributed by atoms with Crippen LogP contribution in [0.15, 0.2) is 48.8 Å². The van der Waals surface area contributed by atoms with E-state index in [4.69, 9.17) is 17.0 Å². The Hall–Kier alpha value is -2.87. The molecule has 7 nitrogen and oxygen atoms in total. The van der Waals surface area contributed by atoms with Crippen molar-refractivity contribution in [3.63, 3.8) is 0 Å². The lowest BCUT2D eigenvalue weighted by atomic mass is 10.3. The molecule has 0 unspecified atom stereocenters. The Labute approximate surface area is 156 Å². The zero-order chi connectivity index (χ0) is 18.5. The molecule has 3 rings (SSSR count). The van der Waals surface area contributed by atoms with Crippen molar-refractivity contribution in [2.75, 3.05) is 12.4 Å². The third-order valence-electron chi connectivity index (χ3n) is 3.84. The summed E-state index contributed by atoms with van der Waals surface area (Å²) >= 11 is 5.54. The largest absolute Gasteiger partial charge is 0.497 e. The third-order valence-corrected chi connectivity index (χ3v) is 4.23. The van der Waals surface area contributed by atoms with E-state index in [0.29, 0.717) is 10.5 Å². The average molecular weight is 371 g/mol. The van der Waals surface area contributed by atoms with Crippen molar-refractivity contribution >= 4 is 23.8 Å². The molecule has 3 aromatic rings. The van der Waals surface area contributed by atoms with Crippen LogP contribution in [0.25, 0.3) is 0 Å². The summed E-state index contributed by atoms with van der Waals surface area (Å²) in [5.74, 6) is 1.37. The highest BCUT2D eigenvalue weighted by Gasteiger charge is 2.14. The lowest BCUT2D eigenvalue weighted by Crippen LogP contribution is -2.20. The number of rotatable bonds is 7. The van der Waals surface area contributed by atoms with Crippen LogP contribution in [0.4, 0.5) is 5.69 Å². The Kier molecular flexibility index (Phi) is 5.52. The number of aromatic nitrogens is 4. The normalized spacial score (nSPS) is 10.7. The molecule has 26 heavy (non-hydrogen) atoms. The molecule has 0 radical (unpaired) electrons. The van der Waals surface area contributed by atoms with Crippen molar-refractivity contribution in [2.24, 2.45) is 0 Å². The maximum absolute atomic E-state index is 12.4. The molecule has 1 aromatic carbocycles. The first-order valence-electron chi connectivity index (χ1n) is 8.38. The van der Waals surface area contributed by atoms with Gasteiger partial charge in [-0.3, -0.25) is 9.47 Å². The van der Waals surface area contributed by atoms with Crippen molar-refractivity contribution in [3.8, 4) is 5.75 Å². The molecular formula is C18H21N5O2S. The second-order valence-corrected chi connectivity index (χ2v) is 6.12. The fourth-order valence-electron chi connectivity index (χ4n) is 2.63. The summed E-state index contributed by atoms with van der Waals surface area (Å²) in [5, 5.41) is 7.38. The first kappa shape index (κ1) is 17.9. The predicted molar refractivity (Wildman–Crippen MR) is 102 cm³/mol. The zero-order valence-corrected chi connectivity index (χ0v) is 15.6. The van der Waals surface area contributed by atoms with Gasteiger partial charge in [0.1, 0.15) is 12.3 Å². The molecule has 0 atom stereocenters. The summed E-state index contributed by atoms with van der Waals surface area (Å²) < 4.78 is 10.9. The van der Waals surface area contributed by atoms with Gasteiger partial charge in [0, 0.05) is 24.5 Å². The highest BCUT2D eigenvalue weighted by atomic mass is 32.1.